The van der Waals surface area contributed by atoms with Gasteiger partial charge in [0, 0.05) is 19.4 Å². The number of nitrogens with zero attached hydrogens (tertiary/aromatic N) is 3. The summed E-state index contributed by atoms with van der Waals surface area (Å²) in [7, 11) is 1.76. The van der Waals surface area contributed by atoms with Gasteiger partial charge in [-0.3, -0.25) is 9.67 Å². The van der Waals surface area contributed by atoms with Crippen molar-refractivity contribution in [2.75, 3.05) is 12.4 Å². The van der Waals surface area contributed by atoms with E-state index < -0.39 is 11.9 Å². The van der Waals surface area contributed by atoms with Crippen LogP contribution in [0.1, 0.15) is 11.3 Å². The molecule has 0 fully saturated rings. The molecule has 4 nitrogen and oxygen atoms in total. The van der Waals surface area contributed by atoms with E-state index in [0.717, 1.165) is 11.8 Å². The van der Waals surface area contributed by atoms with E-state index in [-0.39, 0.29) is 12.4 Å². The topological polar surface area (TPSA) is 42.7 Å². The summed E-state index contributed by atoms with van der Waals surface area (Å²) < 4.78 is 38.5. The minimum Gasteiger partial charge on any atom is -0.386 e. The van der Waals surface area contributed by atoms with Crippen molar-refractivity contribution in [3.63, 3.8) is 0 Å². The first-order chi connectivity index (χ1) is 8.49. The van der Waals surface area contributed by atoms with Crippen LogP contribution < -0.4 is 5.32 Å². The largest absolute Gasteiger partial charge is 0.433 e. The Labute approximate surface area is 114 Å². The molecule has 19 heavy (non-hydrogen) atoms. The highest BCUT2D eigenvalue weighted by Crippen LogP contribution is 2.27. The third-order valence-electron chi connectivity index (χ3n) is 2.38. The maximum atomic E-state index is 12.3. The molecule has 2 aromatic heterocycles. The average Bonchev–Trinajstić information content (AvgIpc) is 2.76. The van der Waals surface area contributed by atoms with Gasteiger partial charge in [-0.1, -0.05) is 6.07 Å². The third kappa shape index (κ3) is 3.85. The van der Waals surface area contributed by atoms with Gasteiger partial charge in [-0.15, -0.1) is 12.4 Å². The second kappa shape index (κ2) is 5.92. The first-order valence-corrected chi connectivity index (χ1v) is 5.21. The van der Waals surface area contributed by atoms with Crippen LogP contribution in [0.2, 0.25) is 0 Å². The molecule has 0 aromatic carbocycles. The molecule has 0 unspecified atom stereocenters. The maximum absolute atomic E-state index is 12.3. The summed E-state index contributed by atoms with van der Waals surface area (Å²) >= 11 is 0. The van der Waals surface area contributed by atoms with Crippen LogP contribution in [0.3, 0.4) is 0 Å². The molecule has 0 amide bonds. The summed E-state index contributed by atoms with van der Waals surface area (Å²) in [5.41, 5.74) is 0.617. The highest BCUT2D eigenvalue weighted by atomic mass is 35.5. The average molecular weight is 293 g/mol. The Balaban J connectivity index is 0.00000180. The fourth-order valence-electron chi connectivity index (χ4n) is 1.45. The van der Waals surface area contributed by atoms with E-state index in [2.05, 4.69) is 15.4 Å². The lowest BCUT2D eigenvalue weighted by atomic mass is 10.2. The Morgan fingerprint density at radius 3 is 2.47 bits per heavy atom. The molecule has 2 heterocycles. The van der Waals surface area contributed by atoms with Crippen molar-refractivity contribution in [1.82, 2.24) is 14.8 Å². The second-order valence-corrected chi connectivity index (χ2v) is 3.73. The number of halogens is 4. The molecule has 0 bridgehead atoms. The molecular formula is C11H12ClF3N4. The quantitative estimate of drug-likeness (QED) is 0.946. The van der Waals surface area contributed by atoms with E-state index in [1.54, 1.807) is 24.1 Å². The molecule has 2 aromatic rings. The number of pyridine rings is 1. The predicted molar refractivity (Wildman–Crippen MR) is 67.4 cm³/mol. The minimum atomic E-state index is -4.40. The zero-order chi connectivity index (χ0) is 13.2. The molecule has 104 valence electrons. The Morgan fingerprint density at radius 1 is 1.26 bits per heavy atom. The third-order valence-corrected chi connectivity index (χ3v) is 2.38. The van der Waals surface area contributed by atoms with E-state index >= 15 is 0 Å². The fourth-order valence-corrected chi connectivity index (χ4v) is 1.45. The standard InChI is InChI=1S/C11H11F3N4.ClH/c1-15-9-5-17-18(7-9)6-8-2-3-10(16-4-8)11(12,13)14;/h2-5,7,15H,6H2,1H3;1H. The monoisotopic (exact) mass is 292 g/mol. The van der Waals surface area contributed by atoms with Crippen molar-refractivity contribution in [3.05, 3.63) is 42.0 Å². The summed E-state index contributed by atoms with van der Waals surface area (Å²) in [5, 5.41) is 6.97. The van der Waals surface area contributed by atoms with Crippen LogP contribution in [-0.4, -0.2) is 21.8 Å². The summed E-state index contributed by atoms with van der Waals surface area (Å²) in [6.45, 7) is 0.382. The fraction of sp³-hybridized carbons (Fsp3) is 0.273. The first kappa shape index (κ1) is 15.3. The van der Waals surface area contributed by atoms with Gasteiger partial charge in [0.1, 0.15) is 5.69 Å². The Hall–Kier alpha value is -1.76. The summed E-state index contributed by atoms with van der Waals surface area (Å²) in [6.07, 6.45) is 0.211. The van der Waals surface area contributed by atoms with Crippen LogP contribution in [0.4, 0.5) is 18.9 Å². The Morgan fingerprint density at radius 2 is 2.00 bits per heavy atom. The molecule has 0 saturated heterocycles. The molecule has 0 aliphatic carbocycles. The van der Waals surface area contributed by atoms with Crippen molar-refractivity contribution in [1.29, 1.82) is 0 Å². The van der Waals surface area contributed by atoms with E-state index in [4.69, 9.17) is 0 Å². The zero-order valence-electron chi connectivity index (χ0n) is 9.98. The van der Waals surface area contributed by atoms with Crippen molar-refractivity contribution >= 4 is 18.1 Å². The highest BCUT2D eigenvalue weighted by Gasteiger charge is 2.31. The second-order valence-electron chi connectivity index (χ2n) is 3.73. The molecule has 0 saturated carbocycles. The highest BCUT2D eigenvalue weighted by molar-refractivity contribution is 5.85. The van der Waals surface area contributed by atoms with Crippen LogP contribution in [0.5, 0.6) is 0 Å². The van der Waals surface area contributed by atoms with Crippen LogP contribution >= 0.6 is 12.4 Å². The van der Waals surface area contributed by atoms with Gasteiger partial charge in [0.15, 0.2) is 0 Å². The summed E-state index contributed by atoms with van der Waals surface area (Å²) in [6, 6.07) is 2.37. The normalized spacial score (nSPS) is 10.9. The van der Waals surface area contributed by atoms with Crippen LogP contribution in [0.15, 0.2) is 30.7 Å². The Bertz CT molecular complexity index is 521. The number of nitrogens with one attached hydrogen (secondary N) is 1. The Kier molecular flexibility index (Phi) is 4.77. The van der Waals surface area contributed by atoms with Crippen LogP contribution in [0, 0.1) is 0 Å². The molecule has 0 aliphatic heterocycles. The van der Waals surface area contributed by atoms with Gasteiger partial charge in [-0.2, -0.15) is 18.3 Å². The van der Waals surface area contributed by atoms with Crippen molar-refractivity contribution in [2.24, 2.45) is 0 Å². The molecule has 1 N–H and O–H groups in total. The number of hydrogen-bond donors (Lipinski definition) is 1. The number of hydrogen-bond acceptors (Lipinski definition) is 3. The van der Waals surface area contributed by atoms with Gasteiger partial charge in [0.2, 0.25) is 0 Å². The molecule has 0 spiro atoms. The lowest BCUT2D eigenvalue weighted by Gasteiger charge is -2.06. The van der Waals surface area contributed by atoms with E-state index in [1.165, 1.54) is 12.3 Å². The SMILES string of the molecule is CNc1cnn(Cc2ccc(C(F)(F)F)nc2)c1.Cl. The molecular weight excluding hydrogens is 281 g/mol. The van der Waals surface area contributed by atoms with Crippen LogP contribution in [0.25, 0.3) is 0 Å². The smallest absolute Gasteiger partial charge is 0.386 e. The zero-order valence-corrected chi connectivity index (χ0v) is 10.8. The maximum Gasteiger partial charge on any atom is 0.433 e. The van der Waals surface area contributed by atoms with Gasteiger partial charge in [-0.05, 0) is 11.6 Å². The van der Waals surface area contributed by atoms with Gasteiger partial charge in [-0.25, -0.2) is 0 Å². The molecule has 2 rings (SSSR count). The van der Waals surface area contributed by atoms with Gasteiger partial charge in [0.05, 0.1) is 18.4 Å². The number of rotatable bonds is 3. The summed E-state index contributed by atoms with van der Waals surface area (Å²) in [5.74, 6) is 0. The minimum absolute atomic E-state index is 0. The van der Waals surface area contributed by atoms with Crippen LogP contribution in [-0.2, 0) is 12.7 Å². The van der Waals surface area contributed by atoms with E-state index in [9.17, 15) is 13.2 Å². The molecule has 0 radical (unpaired) electrons. The van der Waals surface area contributed by atoms with Crippen molar-refractivity contribution in [2.45, 2.75) is 12.7 Å². The van der Waals surface area contributed by atoms with Gasteiger partial charge in [0.25, 0.3) is 0 Å². The number of alkyl halides is 3. The molecule has 8 heteroatoms. The molecule has 0 aliphatic rings. The van der Waals surface area contributed by atoms with Gasteiger partial charge >= 0.3 is 6.18 Å². The molecule has 0 atom stereocenters. The summed E-state index contributed by atoms with van der Waals surface area (Å²) in [4.78, 5) is 3.39. The van der Waals surface area contributed by atoms with E-state index in [1.807, 2.05) is 0 Å². The van der Waals surface area contributed by atoms with Crippen molar-refractivity contribution < 1.29 is 13.2 Å². The lowest BCUT2D eigenvalue weighted by molar-refractivity contribution is -0.141. The lowest BCUT2D eigenvalue weighted by Crippen LogP contribution is -2.08. The van der Waals surface area contributed by atoms with Gasteiger partial charge < -0.3 is 5.32 Å². The number of aromatic nitrogens is 3. The van der Waals surface area contributed by atoms with E-state index in [0.29, 0.717) is 12.1 Å². The predicted octanol–water partition coefficient (Wildman–Crippen LogP) is 2.81. The first-order valence-electron chi connectivity index (χ1n) is 5.21. The number of anilines is 1. The van der Waals surface area contributed by atoms with Crippen molar-refractivity contribution in [3.8, 4) is 0 Å².